The van der Waals surface area contributed by atoms with Crippen LogP contribution in [0.3, 0.4) is 0 Å². The Morgan fingerprint density at radius 3 is 2.93 bits per heavy atom. The number of urea groups is 1. The normalized spacial score (nSPS) is 20.6. The molecule has 1 spiro atoms. The molecule has 0 aromatic heterocycles. The van der Waals surface area contributed by atoms with Gasteiger partial charge in [-0.25, -0.2) is 4.79 Å². The van der Waals surface area contributed by atoms with E-state index in [1.54, 1.807) is 36.4 Å². The number of imide groups is 1. The molecule has 0 bridgehead atoms. The van der Waals surface area contributed by atoms with Gasteiger partial charge in [-0.3, -0.25) is 9.69 Å². The van der Waals surface area contributed by atoms with Crippen molar-refractivity contribution < 1.29 is 19.1 Å². The van der Waals surface area contributed by atoms with Crippen LogP contribution in [0.4, 0.5) is 4.79 Å². The van der Waals surface area contributed by atoms with Gasteiger partial charge in [0.25, 0.3) is 5.91 Å². The third-order valence-electron chi connectivity index (χ3n) is 4.80. The van der Waals surface area contributed by atoms with Crippen LogP contribution in [0.5, 0.6) is 11.5 Å². The van der Waals surface area contributed by atoms with Crippen molar-refractivity contribution in [1.82, 2.24) is 10.2 Å². The summed E-state index contributed by atoms with van der Waals surface area (Å²) in [6, 6.07) is 15.6. The number of hydrogen-bond donors (Lipinski definition) is 1. The van der Waals surface area contributed by atoms with Crippen LogP contribution in [-0.4, -0.2) is 36.6 Å². The molecule has 2 aliphatic heterocycles. The Kier molecular flexibility index (Phi) is 4.16. The molecule has 136 valence electrons. The molecule has 27 heavy (non-hydrogen) atoms. The number of para-hydroxylation sites is 1. The summed E-state index contributed by atoms with van der Waals surface area (Å²) in [5.41, 5.74) is 0.0899. The van der Waals surface area contributed by atoms with Crippen molar-refractivity contribution in [2.45, 2.75) is 12.0 Å². The summed E-state index contributed by atoms with van der Waals surface area (Å²) < 4.78 is 11.2. The molecule has 2 aliphatic rings. The maximum atomic E-state index is 13.1. The van der Waals surface area contributed by atoms with Crippen LogP contribution < -0.4 is 14.8 Å². The highest BCUT2D eigenvalue weighted by molar-refractivity contribution is 6.08. The predicted molar refractivity (Wildman–Crippen MR) is 95.1 cm³/mol. The van der Waals surface area contributed by atoms with Crippen molar-refractivity contribution >= 4 is 11.9 Å². The Morgan fingerprint density at radius 2 is 2.07 bits per heavy atom. The molecule has 2 aromatic carbocycles. The van der Waals surface area contributed by atoms with Crippen molar-refractivity contribution in [2.24, 2.45) is 0 Å². The molecular formula is C20H17N3O4. The van der Waals surface area contributed by atoms with E-state index in [1.807, 2.05) is 18.2 Å². The summed E-state index contributed by atoms with van der Waals surface area (Å²) in [6.45, 7) is 0.614. The smallest absolute Gasteiger partial charge is 0.325 e. The Bertz CT molecular complexity index is 952. The van der Waals surface area contributed by atoms with E-state index in [9.17, 15) is 9.59 Å². The molecule has 1 N–H and O–H groups in total. The maximum Gasteiger partial charge on any atom is 0.325 e. The SMILES string of the molecule is N#Cc1cccc(OCCN2C(=O)NC3(CCOc4ccccc43)C2=O)c1. The molecular weight excluding hydrogens is 346 g/mol. The summed E-state index contributed by atoms with van der Waals surface area (Å²) in [5, 5.41) is 11.8. The molecule has 1 unspecified atom stereocenters. The van der Waals surface area contributed by atoms with Crippen molar-refractivity contribution in [3.05, 3.63) is 59.7 Å². The van der Waals surface area contributed by atoms with E-state index in [0.717, 1.165) is 0 Å². The van der Waals surface area contributed by atoms with E-state index < -0.39 is 11.6 Å². The molecule has 2 aromatic rings. The summed E-state index contributed by atoms with van der Waals surface area (Å²) in [7, 11) is 0. The lowest BCUT2D eigenvalue weighted by molar-refractivity contribution is -0.132. The molecule has 1 atom stereocenters. The summed E-state index contributed by atoms with van der Waals surface area (Å²) in [6.07, 6.45) is 0.385. The zero-order chi connectivity index (χ0) is 18.9. The van der Waals surface area contributed by atoms with Gasteiger partial charge in [0.2, 0.25) is 0 Å². The van der Waals surface area contributed by atoms with E-state index in [1.165, 1.54) is 4.90 Å². The number of carbonyl (C=O) groups excluding carboxylic acids is 2. The molecule has 7 heteroatoms. The molecule has 3 amide bonds. The molecule has 7 nitrogen and oxygen atoms in total. The van der Waals surface area contributed by atoms with Crippen molar-refractivity contribution in [1.29, 1.82) is 5.26 Å². The molecule has 1 fully saturated rings. The second-order valence-corrected chi connectivity index (χ2v) is 6.37. The number of fused-ring (bicyclic) bond motifs is 2. The summed E-state index contributed by atoms with van der Waals surface area (Å²) in [4.78, 5) is 26.7. The molecule has 4 rings (SSSR count). The highest BCUT2D eigenvalue weighted by Gasteiger charge is 2.54. The Hall–Kier alpha value is -3.53. The van der Waals surface area contributed by atoms with E-state index in [4.69, 9.17) is 14.7 Å². The van der Waals surface area contributed by atoms with Crippen LogP contribution >= 0.6 is 0 Å². The molecule has 0 saturated carbocycles. The molecule has 0 radical (unpaired) electrons. The van der Waals surface area contributed by atoms with Crippen LogP contribution in [0, 0.1) is 11.3 Å². The first-order valence-electron chi connectivity index (χ1n) is 8.63. The second-order valence-electron chi connectivity index (χ2n) is 6.37. The number of nitrogens with one attached hydrogen (secondary N) is 1. The number of nitrogens with zero attached hydrogens (tertiary/aromatic N) is 2. The molecule has 2 heterocycles. The van der Waals surface area contributed by atoms with E-state index in [-0.39, 0.29) is 19.1 Å². The van der Waals surface area contributed by atoms with Crippen LogP contribution in [0.2, 0.25) is 0 Å². The van der Waals surface area contributed by atoms with E-state index in [2.05, 4.69) is 5.32 Å². The lowest BCUT2D eigenvalue weighted by Crippen LogP contribution is -2.47. The largest absolute Gasteiger partial charge is 0.493 e. The fraction of sp³-hybridized carbons (Fsp3) is 0.250. The topological polar surface area (TPSA) is 91.7 Å². The van der Waals surface area contributed by atoms with Crippen molar-refractivity contribution in [2.75, 3.05) is 19.8 Å². The van der Waals surface area contributed by atoms with E-state index in [0.29, 0.717) is 35.7 Å². The zero-order valence-electron chi connectivity index (χ0n) is 14.5. The fourth-order valence-electron chi connectivity index (χ4n) is 3.49. The third kappa shape index (κ3) is 2.85. The lowest BCUT2D eigenvalue weighted by Gasteiger charge is -2.33. The minimum atomic E-state index is -1.08. The average Bonchev–Trinajstić information content (AvgIpc) is 2.93. The Balaban J connectivity index is 1.49. The zero-order valence-corrected chi connectivity index (χ0v) is 14.5. The molecule has 0 aliphatic carbocycles. The summed E-state index contributed by atoms with van der Waals surface area (Å²) in [5.74, 6) is 0.841. The van der Waals surface area contributed by atoms with Gasteiger partial charge < -0.3 is 14.8 Å². The fourth-order valence-corrected chi connectivity index (χ4v) is 3.49. The second kappa shape index (κ2) is 6.65. The van der Waals surface area contributed by atoms with Gasteiger partial charge in [-0.1, -0.05) is 24.3 Å². The van der Waals surface area contributed by atoms with Gasteiger partial charge in [-0.15, -0.1) is 0 Å². The number of carbonyl (C=O) groups is 2. The number of ether oxygens (including phenoxy) is 2. The van der Waals surface area contributed by atoms with Crippen LogP contribution in [0.1, 0.15) is 17.5 Å². The first-order chi connectivity index (χ1) is 13.1. The van der Waals surface area contributed by atoms with Crippen molar-refractivity contribution in [3.8, 4) is 17.6 Å². The minimum absolute atomic E-state index is 0.117. The van der Waals surface area contributed by atoms with Gasteiger partial charge in [0.15, 0.2) is 5.54 Å². The highest BCUT2D eigenvalue weighted by Crippen LogP contribution is 2.40. The van der Waals surface area contributed by atoms with Crippen LogP contribution in [0.15, 0.2) is 48.5 Å². The van der Waals surface area contributed by atoms with Gasteiger partial charge in [0.1, 0.15) is 18.1 Å². The highest BCUT2D eigenvalue weighted by atomic mass is 16.5. The van der Waals surface area contributed by atoms with Gasteiger partial charge in [0, 0.05) is 12.0 Å². The monoisotopic (exact) mass is 363 g/mol. The van der Waals surface area contributed by atoms with Gasteiger partial charge in [-0.2, -0.15) is 5.26 Å². The number of rotatable bonds is 4. The number of hydrogen-bond acceptors (Lipinski definition) is 5. The quantitative estimate of drug-likeness (QED) is 0.841. The standard InChI is InChI=1S/C20H17N3O4/c21-13-14-4-3-5-15(12-14)26-11-9-23-18(24)20(22-19(23)25)8-10-27-17-7-2-1-6-16(17)20/h1-7,12H,8-11H2,(H,22,25). The van der Waals surface area contributed by atoms with Gasteiger partial charge in [0.05, 0.1) is 24.8 Å². The minimum Gasteiger partial charge on any atom is -0.493 e. The third-order valence-corrected chi connectivity index (χ3v) is 4.80. The van der Waals surface area contributed by atoms with Crippen molar-refractivity contribution in [3.63, 3.8) is 0 Å². The maximum absolute atomic E-state index is 13.1. The predicted octanol–water partition coefficient (Wildman–Crippen LogP) is 2.17. The van der Waals surface area contributed by atoms with Crippen LogP contribution in [0.25, 0.3) is 0 Å². The number of amides is 3. The van der Waals surface area contributed by atoms with Crippen LogP contribution in [-0.2, 0) is 10.3 Å². The van der Waals surface area contributed by atoms with E-state index >= 15 is 0 Å². The first kappa shape index (κ1) is 16.9. The molecule has 1 saturated heterocycles. The average molecular weight is 363 g/mol. The summed E-state index contributed by atoms with van der Waals surface area (Å²) >= 11 is 0. The number of benzene rings is 2. The Labute approximate surface area is 156 Å². The Morgan fingerprint density at radius 1 is 1.22 bits per heavy atom. The van der Waals surface area contributed by atoms with Gasteiger partial charge >= 0.3 is 6.03 Å². The first-order valence-corrected chi connectivity index (χ1v) is 8.63. The van der Waals surface area contributed by atoms with Gasteiger partial charge in [-0.05, 0) is 24.3 Å². The number of nitriles is 1. The lowest BCUT2D eigenvalue weighted by atomic mass is 9.84.